The summed E-state index contributed by atoms with van der Waals surface area (Å²) < 4.78 is 18.4. The molecule has 0 radical (unpaired) electrons. The lowest BCUT2D eigenvalue weighted by atomic mass is 9.70. The van der Waals surface area contributed by atoms with Crippen molar-refractivity contribution in [1.29, 1.82) is 0 Å². The van der Waals surface area contributed by atoms with Gasteiger partial charge in [-0.15, -0.1) is 0 Å². The Labute approximate surface area is 372 Å². The van der Waals surface area contributed by atoms with Gasteiger partial charge in [-0.1, -0.05) is 200 Å². The van der Waals surface area contributed by atoms with Crippen LogP contribution < -0.4 is 15.9 Å². The first kappa shape index (κ1) is 36.8. The fourth-order valence-electron chi connectivity index (χ4n) is 11.0. The zero-order chi connectivity index (χ0) is 42.4. The van der Waals surface area contributed by atoms with Crippen molar-refractivity contribution in [3.05, 3.63) is 259 Å². The molecule has 0 aliphatic heterocycles. The molecular formula is C60H39N2OP. The summed E-state index contributed by atoms with van der Waals surface area (Å²) in [6.07, 6.45) is 0. The van der Waals surface area contributed by atoms with E-state index in [-0.39, 0.29) is 0 Å². The Morgan fingerprint density at radius 1 is 0.359 bits per heavy atom. The molecule has 2 aliphatic carbocycles. The van der Waals surface area contributed by atoms with Gasteiger partial charge in [0.15, 0.2) is 7.14 Å². The molecule has 9 aromatic carbocycles. The van der Waals surface area contributed by atoms with Crippen LogP contribution >= 0.6 is 7.14 Å². The third kappa shape index (κ3) is 5.16. The summed E-state index contributed by atoms with van der Waals surface area (Å²) in [5, 5.41) is 4.91. The zero-order valence-electron chi connectivity index (χ0n) is 34.8. The Kier molecular flexibility index (Phi) is 8.10. The number of fused-ring (bicyclic) bond motifs is 13. The van der Waals surface area contributed by atoms with E-state index in [0.717, 1.165) is 66.3 Å². The van der Waals surface area contributed by atoms with E-state index in [1.165, 1.54) is 44.2 Å². The van der Waals surface area contributed by atoms with Crippen molar-refractivity contribution in [2.24, 2.45) is 0 Å². The normalized spacial score (nSPS) is 14.7. The number of rotatable bonds is 6. The lowest BCUT2D eigenvalue weighted by Gasteiger charge is -2.31. The predicted molar refractivity (Wildman–Crippen MR) is 265 cm³/mol. The quantitative estimate of drug-likeness (QED) is 0.156. The van der Waals surface area contributed by atoms with Crippen LogP contribution in [0.4, 0.5) is 0 Å². The molecule has 3 nitrogen and oxygen atoms in total. The Balaban J connectivity index is 1.08. The van der Waals surface area contributed by atoms with Gasteiger partial charge in [-0.25, -0.2) is 4.98 Å². The minimum Gasteiger partial charge on any atom is -0.309 e. The molecule has 1 spiro atoms. The first-order valence-electron chi connectivity index (χ1n) is 21.9. The second kappa shape index (κ2) is 14.1. The lowest BCUT2D eigenvalue weighted by Crippen LogP contribution is -2.29. The molecule has 2 aliphatic rings. The highest BCUT2D eigenvalue weighted by Gasteiger charge is 2.52. The van der Waals surface area contributed by atoms with Gasteiger partial charge in [0.2, 0.25) is 0 Å². The molecule has 0 saturated heterocycles. The van der Waals surface area contributed by atoms with E-state index in [1.54, 1.807) is 0 Å². The fraction of sp³-hybridized carbons (Fsp3) is 0.0167. The van der Waals surface area contributed by atoms with Crippen LogP contribution in [0.15, 0.2) is 237 Å². The third-order valence-electron chi connectivity index (χ3n) is 13.7. The van der Waals surface area contributed by atoms with Gasteiger partial charge in [0, 0.05) is 37.8 Å². The summed E-state index contributed by atoms with van der Waals surface area (Å²) in [6.45, 7) is 0. The molecule has 64 heavy (non-hydrogen) atoms. The average Bonchev–Trinajstić information content (AvgIpc) is 3.98. The second-order valence-corrected chi connectivity index (χ2v) is 19.7. The lowest BCUT2D eigenvalue weighted by molar-refractivity contribution is 0.592. The average molecular weight is 835 g/mol. The highest BCUT2D eigenvalue weighted by atomic mass is 31.2. The van der Waals surface area contributed by atoms with Gasteiger partial charge < -0.3 is 9.13 Å². The first-order chi connectivity index (χ1) is 31.6. The van der Waals surface area contributed by atoms with Gasteiger partial charge in [-0.3, -0.25) is 0 Å². The topological polar surface area (TPSA) is 34.9 Å². The van der Waals surface area contributed by atoms with Crippen LogP contribution in [0.2, 0.25) is 0 Å². The number of para-hydroxylation sites is 2. The molecule has 11 aromatic rings. The van der Waals surface area contributed by atoms with Gasteiger partial charge in [0.1, 0.15) is 0 Å². The standard InChI is InChI=1S/C60H39N2OP/c63-64(43-20-6-2-7-21-43,44-22-8-3-9-23-44)45-33-35-49-47-25-11-15-29-53(47)60(55(49)39-45)52-28-14-10-24-46(52)48-34-32-41(36-54(48)60)57-38-42(37-56(61-57)40-18-4-1-5-19-40)62-58-30-16-12-26-50(58)51-27-13-17-31-59(51)62/h1-39H. The van der Waals surface area contributed by atoms with Crippen LogP contribution in [0.25, 0.3) is 72.3 Å². The van der Waals surface area contributed by atoms with Gasteiger partial charge in [-0.2, -0.15) is 0 Å². The molecule has 13 rings (SSSR count). The van der Waals surface area contributed by atoms with E-state index in [4.69, 9.17) is 4.98 Å². The number of hydrogen-bond acceptors (Lipinski definition) is 2. The summed E-state index contributed by atoms with van der Waals surface area (Å²) in [7, 11) is -3.30. The molecule has 1 unspecified atom stereocenters. The molecule has 1 atom stereocenters. The summed E-state index contributed by atoms with van der Waals surface area (Å²) >= 11 is 0. The monoisotopic (exact) mass is 834 g/mol. The van der Waals surface area contributed by atoms with E-state index < -0.39 is 12.6 Å². The zero-order valence-corrected chi connectivity index (χ0v) is 35.7. The molecule has 0 amide bonds. The van der Waals surface area contributed by atoms with Crippen LogP contribution in [0.1, 0.15) is 22.3 Å². The van der Waals surface area contributed by atoms with Crippen LogP contribution in [0.5, 0.6) is 0 Å². The minimum atomic E-state index is -3.30. The molecule has 4 heteroatoms. The molecule has 2 heterocycles. The smallest absolute Gasteiger partial charge is 0.171 e. The highest BCUT2D eigenvalue weighted by Crippen LogP contribution is 2.63. The van der Waals surface area contributed by atoms with Crippen LogP contribution in [-0.4, -0.2) is 9.55 Å². The fourth-order valence-corrected chi connectivity index (χ4v) is 13.6. The number of hydrogen-bond donors (Lipinski definition) is 0. The first-order valence-corrected chi connectivity index (χ1v) is 23.6. The molecule has 0 fully saturated rings. The van der Waals surface area contributed by atoms with Gasteiger partial charge >= 0.3 is 0 Å². The molecule has 0 N–H and O–H groups in total. The van der Waals surface area contributed by atoms with Gasteiger partial charge in [0.25, 0.3) is 0 Å². The molecule has 0 saturated carbocycles. The highest BCUT2D eigenvalue weighted by molar-refractivity contribution is 7.85. The largest absolute Gasteiger partial charge is 0.309 e. The molecular weight excluding hydrogens is 796 g/mol. The maximum absolute atomic E-state index is 16.1. The van der Waals surface area contributed by atoms with Crippen molar-refractivity contribution in [3.63, 3.8) is 0 Å². The van der Waals surface area contributed by atoms with E-state index in [2.05, 4.69) is 180 Å². The van der Waals surface area contributed by atoms with Crippen molar-refractivity contribution in [3.8, 4) is 50.5 Å². The summed E-state index contributed by atoms with van der Waals surface area (Å²) in [4.78, 5) is 5.49. The minimum absolute atomic E-state index is 0.672. The van der Waals surface area contributed by atoms with Gasteiger partial charge in [-0.05, 0) is 80.9 Å². The second-order valence-electron chi connectivity index (χ2n) is 16.9. The molecule has 0 bridgehead atoms. The van der Waals surface area contributed by atoms with Crippen molar-refractivity contribution in [2.75, 3.05) is 0 Å². The Hall–Kier alpha value is -7.84. The van der Waals surface area contributed by atoms with Crippen LogP contribution in [-0.2, 0) is 9.98 Å². The maximum atomic E-state index is 16.1. The summed E-state index contributed by atoms with van der Waals surface area (Å²) in [6, 6.07) is 83.7. The third-order valence-corrected chi connectivity index (χ3v) is 16.7. The molecule has 2 aromatic heterocycles. The molecule has 300 valence electrons. The summed E-state index contributed by atoms with van der Waals surface area (Å²) in [5.41, 5.74) is 16.2. The Morgan fingerprint density at radius 2 is 0.812 bits per heavy atom. The van der Waals surface area contributed by atoms with Crippen molar-refractivity contribution < 1.29 is 4.57 Å². The summed E-state index contributed by atoms with van der Waals surface area (Å²) in [5.74, 6) is 0. The van der Waals surface area contributed by atoms with Crippen molar-refractivity contribution in [2.45, 2.75) is 5.41 Å². The van der Waals surface area contributed by atoms with Crippen LogP contribution in [0, 0.1) is 0 Å². The van der Waals surface area contributed by atoms with E-state index in [9.17, 15) is 0 Å². The van der Waals surface area contributed by atoms with Gasteiger partial charge in [0.05, 0.1) is 33.5 Å². The van der Waals surface area contributed by atoms with E-state index in [0.29, 0.717) is 0 Å². The number of benzene rings is 9. The number of aromatic nitrogens is 2. The van der Waals surface area contributed by atoms with E-state index >= 15 is 4.57 Å². The van der Waals surface area contributed by atoms with Crippen molar-refractivity contribution >= 4 is 44.9 Å². The van der Waals surface area contributed by atoms with Crippen LogP contribution in [0.3, 0.4) is 0 Å². The van der Waals surface area contributed by atoms with E-state index in [1.807, 2.05) is 60.7 Å². The SMILES string of the molecule is O=P(c1ccccc1)(c1ccccc1)c1ccc2c(c1)C1(c3ccccc3-c3ccc(-c4cc(-n5c6ccccc6c6ccccc65)cc(-c5ccccc5)n4)cc31)c1ccccc1-2. The predicted octanol–water partition coefficient (Wildman–Crippen LogP) is 13.5. The van der Waals surface area contributed by atoms with Crippen molar-refractivity contribution in [1.82, 2.24) is 9.55 Å². The Bertz CT molecular complexity index is 3600. The number of nitrogens with zero attached hydrogens (tertiary/aromatic N) is 2. The number of pyridine rings is 1. The Morgan fingerprint density at radius 3 is 1.41 bits per heavy atom. The maximum Gasteiger partial charge on any atom is 0.171 e.